The number of hydrogen-bond donors (Lipinski definition) is 0. The Kier molecular flexibility index (Phi) is 4.93. The van der Waals surface area contributed by atoms with Crippen molar-refractivity contribution in [2.75, 3.05) is 5.75 Å². The molecule has 0 radical (unpaired) electrons. The summed E-state index contributed by atoms with van der Waals surface area (Å²) in [6, 6.07) is 14.0. The first kappa shape index (κ1) is 15.5. The average molecular weight is 322 g/mol. The fourth-order valence-electron chi connectivity index (χ4n) is 1.61. The molecule has 0 N–H and O–H groups in total. The van der Waals surface area contributed by atoms with Gasteiger partial charge in [0, 0.05) is 10.6 Å². The summed E-state index contributed by atoms with van der Waals surface area (Å²) in [4.78, 5) is 0.684. The Morgan fingerprint density at radius 2 is 1.67 bits per heavy atom. The predicted octanol–water partition coefficient (Wildman–Crippen LogP) is 2.75. The van der Waals surface area contributed by atoms with Crippen LogP contribution in [0.2, 0.25) is 0 Å². The van der Waals surface area contributed by atoms with Crippen LogP contribution in [-0.2, 0) is 20.9 Å². The van der Waals surface area contributed by atoms with E-state index < -0.39 is 20.9 Å². The lowest BCUT2D eigenvalue weighted by Crippen LogP contribution is -2.09. The van der Waals surface area contributed by atoms with Crippen LogP contribution >= 0.6 is 0 Å². The summed E-state index contributed by atoms with van der Waals surface area (Å²) in [6.07, 6.45) is 1.57. The summed E-state index contributed by atoms with van der Waals surface area (Å²) in [5, 5.41) is 0. The Bertz CT molecular complexity index is 735. The summed E-state index contributed by atoms with van der Waals surface area (Å²) >= 11 is 0. The van der Waals surface area contributed by atoms with E-state index in [4.69, 9.17) is 4.18 Å². The summed E-state index contributed by atoms with van der Waals surface area (Å²) < 4.78 is 40.8. The van der Waals surface area contributed by atoms with Crippen LogP contribution in [0.25, 0.3) is 0 Å². The molecule has 21 heavy (non-hydrogen) atoms. The first-order valence-electron chi connectivity index (χ1n) is 6.12. The summed E-state index contributed by atoms with van der Waals surface area (Å²) in [6.45, 7) is 3.53. The van der Waals surface area contributed by atoms with E-state index in [1.54, 1.807) is 36.4 Å². The van der Waals surface area contributed by atoms with Crippen molar-refractivity contribution in [3.05, 3.63) is 67.3 Å². The van der Waals surface area contributed by atoms with Gasteiger partial charge < -0.3 is 4.18 Å². The zero-order valence-corrected chi connectivity index (χ0v) is 12.8. The molecule has 0 amide bonds. The van der Waals surface area contributed by atoms with Crippen molar-refractivity contribution in [3.63, 3.8) is 0 Å². The molecule has 2 aromatic carbocycles. The maximum Gasteiger partial charge on any atom is 0.339 e. The summed E-state index contributed by atoms with van der Waals surface area (Å²) in [5.41, 5.74) is 0. The molecule has 0 aliphatic carbocycles. The van der Waals surface area contributed by atoms with Crippen LogP contribution in [0.5, 0.6) is 5.75 Å². The third-order valence-electron chi connectivity index (χ3n) is 2.59. The quantitative estimate of drug-likeness (QED) is 0.606. The second-order valence-corrected chi connectivity index (χ2v) is 7.16. The molecule has 2 rings (SSSR count). The van der Waals surface area contributed by atoms with Crippen LogP contribution in [0.1, 0.15) is 0 Å². The topological polar surface area (TPSA) is 60.4 Å². The molecule has 0 bridgehead atoms. The Labute approximate surface area is 126 Å². The minimum Gasteiger partial charge on any atom is -0.379 e. The van der Waals surface area contributed by atoms with Crippen LogP contribution in [0.4, 0.5) is 0 Å². The zero-order chi connectivity index (χ0) is 15.3. The van der Waals surface area contributed by atoms with E-state index in [0.717, 1.165) is 0 Å². The molecule has 0 fully saturated rings. The maximum atomic E-state index is 12.0. The van der Waals surface area contributed by atoms with E-state index in [-0.39, 0.29) is 10.6 Å². The first-order chi connectivity index (χ1) is 10.0. The van der Waals surface area contributed by atoms with E-state index in [2.05, 4.69) is 6.58 Å². The van der Waals surface area contributed by atoms with E-state index in [9.17, 15) is 12.6 Å². The number of benzene rings is 2. The van der Waals surface area contributed by atoms with Crippen LogP contribution in [0, 0.1) is 0 Å². The molecule has 6 heteroatoms. The molecule has 110 valence electrons. The van der Waals surface area contributed by atoms with Crippen molar-refractivity contribution >= 4 is 20.9 Å². The summed E-state index contributed by atoms with van der Waals surface area (Å²) in [5.74, 6) is 0.529. The van der Waals surface area contributed by atoms with Crippen LogP contribution in [-0.4, -0.2) is 18.4 Å². The molecule has 0 spiro atoms. The average Bonchev–Trinajstić information content (AvgIpc) is 2.49. The van der Waals surface area contributed by atoms with Crippen molar-refractivity contribution in [3.8, 4) is 5.75 Å². The van der Waals surface area contributed by atoms with Gasteiger partial charge >= 0.3 is 10.1 Å². The third-order valence-corrected chi connectivity index (χ3v) is 5.19. The fraction of sp³-hybridized carbons (Fsp3) is 0.0667. The molecule has 0 saturated heterocycles. The molecule has 0 aliphatic rings. The van der Waals surface area contributed by atoms with E-state index in [1.807, 2.05) is 0 Å². The van der Waals surface area contributed by atoms with Gasteiger partial charge in [-0.2, -0.15) is 8.42 Å². The van der Waals surface area contributed by atoms with Gasteiger partial charge in [0.2, 0.25) is 0 Å². The SMILES string of the molecule is C=CCS(=O)c1ccc(OS(=O)(=O)c2ccccc2)cc1. The van der Waals surface area contributed by atoms with Gasteiger partial charge in [-0.15, -0.1) is 6.58 Å². The maximum absolute atomic E-state index is 12.0. The second-order valence-electron chi connectivity index (χ2n) is 4.12. The molecule has 0 saturated carbocycles. The molecular weight excluding hydrogens is 308 g/mol. The Hall–Kier alpha value is -1.92. The van der Waals surface area contributed by atoms with Crippen molar-refractivity contribution in [2.45, 2.75) is 9.79 Å². The number of hydrogen-bond acceptors (Lipinski definition) is 4. The van der Waals surface area contributed by atoms with Gasteiger partial charge in [-0.1, -0.05) is 24.3 Å². The molecule has 0 heterocycles. The molecular formula is C15H14O4S2. The molecule has 4 nitrogen and oxygen atoms in total. The smallest absolute Gasteiger partial charge is 0.339 e. The Balaban J connectivity index is 2.17. The van der Waals surface area contributed by atoms with Crippen LogP contribution < -0.4 is 4.18 Å². The second kappa shape index (κ2) is 6.69. The minimum absolute atomic E-state index is 0.0873. The lowest BCUT2D eigenvalue weighted by Gasteiger charge is -2.07. The van der Waals surface area contributed by atoms with E-state index in [0.29, 0.717) is 10.6 Å². The van der Waals surface area contributed by atoms with Crippen molar-refractivity contribution < 1.29 is 16.8 Å². The van der Waals surface area contributed by atoms with E-state index in [1.165, 1.54) is 24.3 Å². The van der Waals surface area contributed by atoms with E-state index >= 15 is 0 Å². The van der Waals surface area contributed by atoms with Crippen molar-refractivity contribution in [2.24, 2.45) is 0 Å². The van der Waals surface area contributed by atoms with Gasteiger partial charge in [0.05, 0.1) is 10.8 Å². The van der Waals surface area contributed by atoms with Crippen molar-refractivity contribution in [1.29, 1.82) is 0 Å². The number of rotatable bonds is 6. The monoisotopic (exact) mass is 322 g/mol. The highest BCUT2D eigenvalue weighted by Crippen LogP contribution is 2.20. The minimum atomic E-state index is -3.85. The summed E-state index contributed by atoms with van der Waals surface area (Å²) in [7, 11) is -5.02. The lowest BCUT2D eigenvalue weighted by molar-refractivity contribution is 0.486. The van der Waals surface area contributed by atoms with Crippen LogP contribution in [0.3, 0.4) is 0 Å². The molecule has 1 unspecified atom stereocenters. The Morgan fingerprint density at radius 1 is 1.05 bits per heavy atom. The molecule has 0 aliphatic heterocycles. The van der Waals surface area contributed by atoms with Gasteiger partial charge in [-0.25, -0.2) is 0 Å². The van der Waals surface area contributed by atoms with Gasteiger partial charge in [0.15, 0.2) is 0 Å². The predicted molar refractivity (Wildman–Crippen MR) is 82.2 cm³/mol. The molecule has 0 aromatic heterocycles. The first-order valence-corrected chi connectivity index (χ1v) is 8.84. The highest BCUT2D eigenvalue weighted by Gasteiger charge is 2.16. The fourth-order valence-corrected chi connectivity index (χ4v) is 3.41. The molecule has 1 atom stereocenters. The largest absolute Gasteiger partial charge is 0.379 e. The molecule has 2 aromatic rings. The van der Waals surface area contributed by atoms with Gasteiger partial charge in [-0.05, 0) is 36.4 Å². The van der Waals surface area contributed by atoms with Crippen molar-refractivity contribution in [1.82, 2.24) is 0 Å². The Morgan fingerprint density at radius 3 is 2.24 bits per heavy atom. The zero-order valence-electron chi connectivity index (χ0n) is 11.1. The van der Waals surface area contributed by atoms with Gasteiger partial charge in [0.1, 0.15) is 10.6 Å². The third kappa shape index (κ3) is 4.03. The lowest BCUT2D eigenvalue weighted by atomic mass is 10.3. The van der Waals surface area contributed by atoms with Crippen LogP contribution in [0.15, 0.2) is 77.0 Å². The van der Waals surface area contributed by atoms with Gasteiger partial charge in [0.25, 0.3) is 0 Å². The normalized spacial score (nSPS) is 12.6. The standard InChI is InChI=1S/C15H14O4S2/c1-2-12-20(16)14-10-8-13(9-11-14)19-21(17,18)15-6-4-3-5-7-15/h2-11H,1,12H2. The highest BCUT2D eigenvalue weighted by molar-refractivity contribution is 7.87. The highest BCUT2D eigenvalue weighted by atomic mass is 32.2. The van der Waals surface area contributed by atoms with Gasteiger partial charge in [-0.3, -0.25) is 4.21 Å².